The van der Waals surface area contributed by atoms with Crippen LogP contribution in [0.4, 0.5) is 0 Å². The Labute approximate surface area is 84.8 Å². The Morgan fingerprint density at radius 3 is 3.07 bits per heavy atom. The zero-order chi connectivity index (χ0) is 9.97. The molecule has 0 radical (unpaired) electrons. The van der Waals surface area contributed by atoms with Gasteiger partial charge in [0.15, 0.2) is 0 Å². The minimum Gasteiger partial charge on any atom is -0.363 e. The van der Waals surface area contributed by atoms with E-state index < -0.39 is 0 Å². The normalized spacial score (nSPS) is 10.4. The lowest BCUT2D eigenvalue weighted by molar-refractivity contribution is 0.103. The predicted molar refractivity (Wildman–Crippen MR) is 54.2 cm³/mol. The molecule has 14 heavy (non-hydrogen) atoms. The lowest BCUT2D eigenvalue weighted by atomic mass is 10.2. The molecule has 0 aliphatic rings. The lowest BCUT2D eigenvalue weighted by Gasteiger charge is -1.90. The van der Waals surface area contributed by atoms with Gasteiger partial charge in [-0.05, 0) is 6.07 Å². The molecular formula is C9H9N3OS. The molecule has 0 fully saturated rings. The maximum atomic E-state index is 11.7. The van der Waals surface area contributed by atoms with E-state index in [4.69, 9.17) is 5.73 Å². The van der Waals surface area contributed by atoms with Crippen LogP contribution in [0.1, 0.15) is 21.7 Å². The molecule has 72 valence electrons. The van der Waals surface area contributed by atoms with Gasteiger partial charge in [-0.2, -0.15) is 0 Å². The number of hydrogen-bond donors (Lipinski definition) is 2. The van der Waals surface area contributed by atoms with Crippen molar-refractivity contribution in [3.63, 3.8) is 0 Å². The fourth-order valence-corrected chi connectivity index (χ4v) is 1.70. The minimum atomic E-state index is -0.0674. The van der Waals surface area contributed by atoms with Crippen LogP contribution in [0.2, 0.25) is 0 Å². The third kappa shape index (κ3) is 1.59. The van der Waals surface area contributed by atoms with E-state index in [9.17, 15) is 4.79 Å². The molecule has 2 aromatic rings. The van der Waals surface area contributed by atoms with E-state index in [2.05, 4.69) is 9.97 Å². The predicted octanol–water partition coefficient (Wildman–Crippen LogP) is 1.16. The minimum absolute atomic E-state index is 0.0674. The van der Waals surface area contributed by atoms with Gasteiger partial charge >= 0.3 is 0 Å². The van der Waals surface area contributed by atoms with Crippen molar-refractivity contribution in [2.45, 2.75) is 6.54 Å². The molecule has 2 heterocycles. The number of rotatable bonds is 3. The second kappa shape index (κ2) is 3.73. The number of aromatic amines is 1. The van der Waals surface area contributed by atoms with Crippen molar-refractivity contribution in [3.05, 3.63) is 40.1 Å². The molecule has 0 atom stereocenters. The number of nitrogens with zero attached hydrogens (tertiary/aromatic N) is 1. The van der Waals surface area contributed by atoms with Gasteiger partial charge in [0.25, 0.3) is 0 Å². The largest absolute Gasteiger partial charge is 0.363 e. The number of thiazole rings is 1. The fourth-order valence-electron chi connectivity index (χ4n) is 1.16. The summed E-state index contributed by atoms with van der Waals surface area (Å²) in [7, 11) is 0. The van der Waals surface area contributed by atoms with Gasteiger partial charge in [-0.3, -0.25) is 4.79 Å². The summed E-state index contributed by atoms with van der Waals surface area (Å²) < 4.78 is 0. The van der Waals surface area contributed by atoms with Crippen molar-refractivity contribution in [2.24, 2.45) is 5.73 Å². The van der Waals surface area contributed by atoms with Gasteiger partial charge < -0.3 is 10.7 Å². The molecule has 0 aliphatic carbocycles. The van der Waals surface area contributed by atoms with Gasteiger partial charge in [-0.15, -0.1) is 11.3 Å². The van der Waals surface area contributed by atoms with E-state index in [1.54, 1.807) is 23.2 Å². The highest BCUT2D eigenvalue weighted by molar-refractivity contribution is 7.07. The molecule has 5 heteroatoms. The highest BCUT2D eigenvalue weighted by atomic mass is 32.1. The first-order chi connectivity index (χ1) is 6.81. The first-order valence-corrected chi connectivity index (χ1v) is 5.06. The molecule has 4 nitrogen and oxygen atoms in total. The van der Waals surface area contributed by atoms with Crippen LogP contribution in [0.15, 0.2) is 23.2 Å². The Hall–Kier alpha value is -1.46. The van der Waals surface area contributed by atoms with Crippen molar-refractivity contribution in [1.82, 2.24) is 9.97 Å². The molecule has 0 aliphatic heterocycles. The SMILES string of the molecule is NCc1cc(C(=O)c2cscn2)c[nH]1. The van der Waals surface area contributed by atoms with Crippen LogP contribution in [0.25, 0.3) is 0 Å². The third-order valence-corrected chi connectivity index (χ3v) is 2.48. The van der Waals surface area contributed by atoms with E-state index in [1.807, 2.05) is 0 Å². The molecule has 0 aromatic carbocycles. The zero-order valence-electron chi connectivity index (χ0n) is 7.36. The van der Waals surface area contributed by atoms with Gasteiger partial charge in [0.1, 0.15) is 5.69 Å². The lowest BCUT2D eigenvalue weighted by Crippen LogP contribution is -1.99. The Balaban J connectivity index is 2.28. The summed E-state index contributed by atoms with van der Waals surface area (Å²) in [5.41, 5.74) is 9.01. The molecule has 0 unspecified atom stereocenters. The van der Waals surface area contributed by atoms with Crippen molar-refractivity contribution < 1.29 is 4.79 Å². The first kappa shape index (κ1) is 9.11. The Kier molecular flexibility index (Phi) is 2.43. The van der Waals surface area contributed by atoms with Crippen LogP contribution >= 0.6 is 11.3 Å². The van der Waals surface area contributed by atoms with Crippen LogP contribution in [-0.4, -0.2) is 15.8 Å². The smallest absolute Gasteiger partial charge is 0.213 e. The molecule has 2 rings (SSSR count). The Bertz CT molecular complexity index is 433. The zero-order valence-corrected chi connectivity index (χ0v) is 8.17. The third-order valence-electron chi connectivity index (χ3n) is 1.89. The van der Waals surface area contributed by atoms with Crippen molar-refractivity contribution in [3.8, 4) is 0 Å². The van der Waals surface area contributed by atoms with Gasteiger partial charge in [-0.25, -0.2) is 4.98 Å². The van der Waals surface area contributed by atoms with E-state index in [0.717, 1.165) is 5.69 Å². The molecule has 2 aromatic heterocycles. The molecule has 0 spiro atoms. The molecule has 0 amide bonds. The van der Waals surface area contributed by atoms with Crippen LogP contribution in [0, 0.1) is 0 Å². The number of H-pyrrole nitrogens is 1. The van der Waals surface area contributed by atoms with Crippen molar-refractivity contribution in [2.75, 3.05) is 0 Å². The number of aromatic nitrogens is 2. The monoisotopic (exact) mass is 207 g/mol. The average Bonchev–Trinajstić information content (AvgIpc) is 2.88. The fraction of sp³-hybridized carbons (Fsp3) is 0.111. The average molecular weight is 207 g/mol. The van der Waals surface area contributed by atoms with Gasteiger partial charge in [-0.1, -0.05) is 0 Å². The molecule has 0 saturated heterocycles. The summed E-state index contributed by atoms with van der Waals surface area (Å²) in [5.74, 6) is -0.0674. The second-order valence-electron chi connectivity index (χ2n) is 2.82. The summed E-state index contributed by atoms with van der Waals surface area (Å²) in [5, 5.41) is 1.73. The van der Waals surface area contributed by atoms with Gasteiger partial charge in [0.2, 0.25) is 5.78 Å². The van der Waals surface area contributed by atoms with Crippen LogP contribution in [0.5, 0.6) is 0 Å². The Morgan fingerprint density at radius 2 is 2.50 bits per heavy atom. The van der Waals surface area contributed by atoms with E-state index in [0.29, 0.717) is 17.8 Å². The topological polar surface area (TPSA) is 71.8 Å². The number of ketones is 1. The number of nitrogens with two attached hydrogens (primary N) is 1. The van der Waals surface area contributed by atoms with Gasteiger partial charge in [0, 0.05) is 29.4 Å². The number of nitrogens with one attached hydrogen (secondary N) is 1. The second-order valence-corrected chi connectivity index (χ2v) is 3.54. The molecule has 3 N–H and O–H groups in total. The summed E-state index contributed by atoms with van der Waals surface area (Å²) in [6.45, 7) is 0.407. The van der Waals surface area contributed by atoms with Crippen molar-refractivity contribution in [1.29, 1.82) is 0 Å². The standard InChI is InChI=1S/C9H9N3OS/c10-2-7-1-6(3-11-7)9(13)8-4-14-5-12-8/h1,3-5,11H,2,10H2. The number of carbonyl (C=O) groups excluding carboxylic acids is 1. The highest BCUT2D eigenvalue weighted by Crippen LogP contribution is 2.10. The quantitative estimate of drug-likeness (QED) is 0.742. The maximum absolute atomic E-state index is 11.7. The van der Waals surface area contributed by atoms with Gasteiger partial charge in [0.05, 0.1) is 5.51 Å². The summed E-state index contributed by atoms with van der Waals surface area (Å²) >= 11 is 1.41. The Morgan fingerprint density at radius 1 is 1.64 bits per heavy atom. The summed E-state index contributed by atoms with van der Waals surface area (Å²) in [6.07, 6.45) is 1.66. The molecular weight excluding hydrogens is 198 g/mol. The van der Waals surface area contributed by atoms with E-state index >= 15 is 0 Å². The van der Waals surface area contributed by atoms with E-state index in [1.165, 1.54) is 11.3 Å². The van der Waals surface area contributed by atoms with Crippen LogP contribution in [0.3, 0.4) is 0 Å². The first-order valence-electron chi connectivity index (χ1n) is 4.11. The number of hydrogen-bond acceptors (Lipinski definition) is 4. The van der Waals surface area contributed by atoms with Crippen molar-refractivity contribution >= 4 is 17.1 Å². The van der Waals surface area contributed by atoms with E-state index in [-0.39, 0.29) is 5.78 Å². The molecule has 0 bridgehead atoms. The number of carbonyl (C=O) groups is 1. The maximum Gasteiger partial charge on any atom is 0.213 e. The summed E-state index contributed by atoms with van der Waals surface area (Å²) in [4.78, 5) is 18.6. The molecule has 0 saturated carbocycles. The van der Waals surface area contributed by atoms with Crippen LogP contribution < -0.4 is 5.73 Å². The highest BCUT2D eigenvalue weighted by Gasteiger charge is 2.12. The summed E-state index contributed by atoms with van der Waals surface area (Å²) in [6, 6.07) is 1.75. The van der Waals surface area contributed by atoms with Crippen LogP contribution in [-0.2, 0) is 6.54 Å².